The van der Waals surface area contributed by atoms with Gasteiger partial charge >= 0.3 is 0 Å². The third-order valence-electron chi connectivity index (χ3n) is 4.73. The number of hydrogen-bond acceptors (Lipinski definition) is 2. The third kappa shape index (κ3) is 4.31. The zero-order valence-electron chi connectivity index (χ0n) is 15.0. The zero-order chi connectivity index (χ0) is 17.3. The van der Waals surface area contributed by atoms with E-state index in [1.54, 1.807) is 13.1 Å². The van der Waals surface area contributed by atoms with E-state index in [0.717, 1.165) is 29.3 Å². The average Bonchev–Trinajstić information content (AvgIpc) is 3.27. The summed E-state index contributed by atoms with van der Waals surface area (Å²) >= 11 is 0. The third-order valence-corrected chi connectivity index (χ3v) is 4.73. The van der Waals surface area contributed by atoms with Crippen LogP contribution in [0.2, 0.25) is 0 Å². The van der Waals surface area contributed by atoms with Crippen LogP contribution >= 0.6 is 24.0 Å². The van der Waals surface area contributed by atoms with Crippen molar-refractivity contribution >= 4 is 29.9 Å². The van der Waals surface area contributed by atoms with E-state index in [1.807, 2.05) is 30.8 Å². The van der Waals surface area contributed by atoms with Gasteiger partial charge in [0.1, 0.15) is 5.82 Å². The second-order valence-electron chi connectivity index (χ2n) is 6.31. The van der Waals surface area contributed by atoms with Crippen molar-refractivity contribution in [1.82, 2.24) is 20.4 Å². The zero-order valence-corrected chi connectivity index (χ0v) is 17.3. The molecule has 7 heteroatoms. The van der Waals surface area contributed by atoms with Crippen molar-refractivity contribution in [3.63, 3.8) is 0 Å². The SMILES string of the molecule is CN=C(NCc1c(C)nn(C)c1C)NC1CC1c1ccccc1F.I. The second kappa shape index (κ2) is 8.16. The molecule has 0 bridgehead atoms. The normalized spacial score (nSPS) is 19.3. The van der Waals surface area contributed by atoms with Crippen molar-refractivity contribution in [1.29, 1.82) is 0 Å². The molecule has 0 spiro atoms. The molecule has 0 saturated heterocycles. The van der Waals surface area contributed by atoms with Crippen molar-refractivity contribution in [3.8, 4) is 0 Å². The summed E-state index contributed by atoms with van der Waals surface area (Å²) in [4.78, 5) is 4.27. The number of rotatable bonds is 4. The number of aromatic nitrogens is 2. The Hall–Kier alpha value is -1.64. The van der Waals surface area contributed by atoms with Gasteiger partial charge in [-0.15, -0.1) is 24.0 Å². The van der Waals surface area contributed by atoms with Crippen LogP contribution in [0.1, 0.15) is 34.9 Å². The number of nitrogens with zero attached hydrogens (tertiary/aromatic N) is 3. The predicted molar refractivity (Wildman–Crippen MR) is 109 cm³/mol. The molecule has 1 aliphatic rings. The summed E-state index contributed by atoms with van der Waals surface area (Å²) in [5, 5.41) is 11.1. The Labute approximate surface area is 165 Å². The van der Waals surface area contributed by atoms with Crippen LogP contribution < -0.4 is 10.6 Å². The van der Waals surface area contributed by atoms with Crippen molar-refractivity contribution < 1.29 is 4.39 Å². The predicted octanol–water partition coefficient (Wildman–Crippen LogP) is 3.02. The minimum Gasteiger partial charge on any atom is -0.353 e. The molecule has 1 saturated carbocycles. The molecule has 2 aromatic rings. The van der Waals surface area contributed by atoms with Gasteiger partial charge < -0.3 is 10.6 Å². The van der Waals surface area contributed by atoms with Crippen LogP contribution in [0.25, 0.3) is 0 Å². The molecule has 136 valence electrons. The van der Waals surface area contributed by atoms with Gasteiger partial charge in [0.15, 0.2) is 5.96 Å². The van der Waals surface area contributed by atoms with E-state index in [4.69, 9.17) is 0 Å². The van der Waals surface area contributed by atoms with E-state index < -0.39 is 0 Å². The van der Waals surface area contributed by atoms with Crippen LogP contribution in [0.3, 0.4) is 0 Å². The summed E-state index contributed by atoms with van der Waals surface area (Å²) < 4.78 is 15.7. The van der Waals surface area contributed by atoms with Crippen LogP contribution in [-0.4, -0.2) is 28.8 Å². The Morgan fingerprint density at radius 1 is 1.36 bits per heavy atom. The van der Waals surface area contributed by atoms with Gasteiger partial charge in [-0.1, -0.05) is 18.2 Å². The van der Waals surface area contributed by atoms with E-state index >= 15 is 0 Å². The number of benzene rings is 1. The maximum atomic E-state index is 13.9. The fourth-order valence-electron chi connectivity index (χ4n) is 3.09. The van der Waals surface area contributed by atoms with Gasteiger partial charge in [0.05, 0.1) is 5.69 Å². The van der Waals surface area contributed by atoms with Crippen LogP contribution in [0.4, 0.5) is 4.39 Å². The number of guanidine groups is 1. The quantitative estimate of drug-likeness (QED) is 0.422. The van der Waals surface area contributed by atoms with Gasteiger partial charge in [-0.25, -0.2) is 4.39 Å². The van der Waals surface area contributed by atoms with Crippen LogP contribution in [-0.2, 0) is 13.6 Å². The number of nitrogens with one attached hydrogen (secondary N) is 2. The number of aryl methyl sites for hydroxylation is 2. The van der Waals surface area contributed by atoms with E-state index in [1.165, 1.54) is 11.6 Å². The first kappa shape index (κ1) is 19.7. The largest absolute Gasteiger partial charge is 0.353 e. The Morgan fingerprint density at radius 3 is 2.68 bits per heavy atom. The molecule has 0 amide bonds. The van der Waals surface area contributed by atoms with Gasteiger partial charge in [-0.05, 0) is 31.9 Å². The number of aliphatic imine (C=N–C) groups is 1. The van der Waals surface area contributed by atoms with Crippen molar-refractivity contribution in [2.75, 3.05) is 7.05 Å². The molecule has 2 unspecified atom stereocenters. The van der Waals surface area contributed by atoms with E-state index in [9.17, 15) is 4.39 Å². The monoisotopic (exact) mass is 457 g/mol. The minimum absolute atomic E-state index is 0. The fourth-order valence-corrected chi connectivity index (χ4v) is 3.09. The van der Waals surface area contributed by atoms with Crippen LogP contribution in [0, 0.1) is 19.7 Å². The van der Waals surface area contributed by atoms with Crippen molar-refractivity contribution in [2.45, 2.75) is 38.8 Å². The molecule has 0 radical (unpaired) electrons. The van der Waals surface area contributed by atoms with Crippen molar-refractivity contribution in [3.05, 3.63) is 52.6 Å². The highest BCUT2D eigenvalue weighted by Crippen LogP contribution is 2.41. The maximum Gasteiger partial charge on any atom is 0.191 e. The molecule has 1 fully saturated rings. The average molecular weight is 457 g/mol. The standard InChI is InChI=1S/C18H24FN5.HI/c1-11-15(12(2)24(4)23-11)10-21-18(20-3)22-17-9-14(17)13-7-5-6-8-16(13)19;/h5-8,14,17H,9-10H2,1-4H3,(H2,20,21,22);1H. The molecule has 0 aliphatic heterocycles. The molecule has 2 atom stereocenters. The molecule has 1 aromatic carbocycles. The van der Waals surface area contributed by atoms with Gasteiger partial charge in [0.2, 0.25) is 0 Å². The summed E-state index contributed by atoms with van der Waals surface area (Å²) in [6, 6.07) is 7.22. The highest BCUT2D eigenvalue weighted by atomic mass is 127. The van der Waals surface area contributed by atoms with Gasteiger partial charge in [0.25, 0.3) is 0 Å². The van der Waals surface area contributed by atoms with E-state index in [-0.39, 0.29) is 41.8 Å². The van der Waals surface area contributed by atoms with E-state index in [0.29, 0.717) is 6.54 Å². The molecule has 3 rings (SSSR count). The highest BCUT2D eigenvalue weighted by Gasteiger charge is 2.40. The summed E-state index contributed by atoms with van der Waals surface area (Å²) in [6.45, 7) is 4.74. The lowest BCUT2D eigenvalue weighted by molar-refractivity contribution is 0.607. The summed E-state index contributed by atoms with van der Waals surface area (Å²) in [5.74, 6) is 0.824. The van der Waals surface area contributed by atoms with E-state index in [2.05, 4.69) is 27.6 Å². The molecule has 1 aliphatic carbocycles. The number of halogens is 2. The molecule has 25 heavy (non-hydrogen) atoms. The highest BCUT2D eigenvalue weighted by molar-refractivity contribution is 14.0. The summed E-state index contributed by atoms with van der Waals surface area (Å²) in [6.07, 6.45) is 0.923. The minimum atomic E-state index is -0.128. The maximum absolute atomic E-state index is 13.9. The fraction of sp³-hybridized carbons (Fsp3) is 0.444. The van der Waals surface area contributed by atoms with Crippen LogP contribution in [0.15, 0.2) is 29.3 Å². The second-order valence-corrected chi connectivity index (χ2v) is 6.31. The first-order valence-corrected chi connectivity index (χ1v) is 8.22. The first-order chi connectivity index (χ1) is 11.5. The summed E-state index contributed by atoms with van der Waals surface area (Å²) in [5.41, 5.74) is 4.13. The van der Waals surface area contributed by atoms with Gasteiger partial charge in [0, 0.05) is 43.9 Å². The lowest BCUT2D eigenvalue weighted by Gasteiger charge is -2.12. The Kier molecular flexibility index (Phi) is 6.42. The number of hydrogen-bond donors (Lipinski definition) is 2. The molecule has 2 N–H and O–H groups in total. The Balaban J connectivity index is 0.00000225. The first-order valence-electron chi connectivity index (χ1n) is 8.22. The Bertz CT molecular complexity index is 771. The van der Waals surface area contributed by atoms with Crippen molar-refractivity contribution in [2.24, 2.45) is 12.0 Å². The lowest BCUT2D eigenvalue weighted by Crippen LogP contribution is -2.38. The lowest BCUT2D eigenvalue weighted by atomic mass is 10.1. The molecular weight excluding hydrogens is 432 g/mol. The smallest absolute Gasteiger partial charge is 0.191 e. The molecular formula is C18H25FIN5. The van der Waals surface area contributed by atoms with Gasteiger partial charge in [-0.3, -0.25) is 9.67 Å². The van der Waals surface area contributed by atoms with Gasteiger partial charge in [-0.2, -0.15) is 5.10 Å². The van der Waals surface area contributed by atoms with Crippen LogP contribution in [0.5, 0.6) is 0 Å². The molecule has 5 nitrogen and oxygen atoms in total. The topological polar surface area (TPSA) is 54.2 Å². The Morgan fingerprint density at radius 2 is 2.08 bits per heavy atom. The molecule has 1 heterocycles. The summed E-state index contributed by atoms with van der Waals surface area (Å²) in [7, 11) is 3.70. The molecule has 1 aromatic heterocycles.